The highest BCUT2D eigenvalue weighted by Crippen LogP contribution is 2.49. The Morgan fingerprint density at radius 3 is 1.94 bits per heavy atom. The van der Waals surface area contributed by atoms with Crippen LogP contribution in [0.5, 0.6) is 0 Å². The van der Waals surface area contributed by atoms with Gasteiger partial charge in [0.2, 0.25) is 0 Å². The minimum atomic E-state index is 1.15. The summed E-state index contributed by atoms with van der Waals surface area (Å²) in [6.45, 7) is 0. The maximum absolute atomic E-state index is 2.52. The van der Waals surface area contributed by atoms with Gasteiger partial charge in [-0.3, -0.25) is 0 Å². The fourth-order valence-corrected chi connectivity index (χ4v) is 10.3. The molecule has 0 saturated carbocycles. The van der Waals surface area contributed by atoms with Gasteiger partial charge in [0.05, 0.1) is 27.1 Å². The van der Waals surface area contributed by atoms with Crippen molar-refractivity contribution in [2.24, 2.45) is 0 Å². The molecule has 0 amide bonds. The van der Waals surface area contributed by atoms with Crippen LogP contribution in [0.3, 0.4) is 0 Å². The van der Waals surface area contributed by atoms with Crippen molar-refractivity contribution >= 4 is 113 Å². The van der Waals surface area contributed by atoms with E-state index in [1.165, 1.54) is 78.6 Å². The third kappa shape index (κ3) is 4.07. The predicted octanol–water partition coefficient (Wildman–Crippen LogP) is 14.1. The van der Waals surface area contributed by atoms with E-state index in [-0.39, 0.29) is 0 Å². The third-order valence-corrected chi connectivity index (χ3v) is 12.5. The van der Waals surface area contributed by atoms with E-state index in [1.807, 2.05) is 22.7 Å². The quantitative estimate of drug-likeness (QED) is 0.181. The van der Waals surface area contributed by atoms with E-state index in [9.17, 15) is 0 Å². The first kappa shape index (κ1) is 28.0. The van der Waals surface area contributed by atoms with Crippen LogP contribution in [-0.4, -0.2) is 4.57 Å². The first-order chi connectivity index (χ1) is 24.8. The van der Waals surface area contributed by atoms with Gasteiger partial charge in [0.25, 0.3) is 0 Å². The lowest BCUT2D eigenvalue weighted by Crippen LogP contribution is -2.11. The molecular formula is C46H28N2S2. The normalized spacial score (nSPS) is 12.0. The highest BCUT2D eigenvalue weighted by atomic mass is 32.1. The Kier molecular flexibility index (Phi) is 6.03. The van der Waals surface area contributed by atoms with Gasteiger partial charge in [0.1, 0.15) is 0 Å². The summed E-state index contributed by atoms with van der Waals surface area (Å²) in [5, 5.41) is 10.3. The molecule has 0 N–H and O–H groups in total. The van der Waals surface area contributed by atoms with Crippen molar-refractivity contribution in [3.63, 3.8) is 0 Å². The third-order valence-electron chi connectivity index (χ3n) is 10.1. The highest BCUT2D eigenvalue weighted by molar-refractivity contribution is 7.26. The van der Waals surface area contributed by atoms with Crippen LogP contribution in [0, 0.1) is 0 Å². The monoisotopic (exact) mass is 672 g/mol. The molecule has 0 aliphatic rings. The topological polar surface area (TPSA) is 8.17 Å². The number of benzene rings is 8. The largest absolute Gasteiger partial charge is 0.307 e. The molecular weight excluding hydrogens is 645 g/mol. The SMILES string of the molecule is c1ccc(-n2c3ccccc3c3cccc(N(c4ccc5c(c4)sc4ccccc45)c4cccc5c4sc4cc6ccccc6cc45)c32)cc1. The summed E-state index contributed by atoms with van der Waals surface area (Å²) in [7, 11) is 0. The van der Waals surface area contributed by atoms with Crippen molar-refractivity contribution in [2.75, 3.05) is 4.90 Å². The molecule has 4 heteroatoms. The van der Waals surface area contributed by atoms with Crippen molar-refractivity contribution in [1.29, 1.82) is 0 Å². The lowest BCUT2D eigenvalue weighted by Gasteiger charge is -2.27. The number of aromatic nitrogens is 1. The molecule has 11 aromatic rings. The molecule has 0 radical (unpaired) electrons. The van der Waals surface area contributed by atoms with E-state index < -0.39 is 0 Å². The minimum absolute atomic E-state index is 1.15. The van der Waals surface area contributed by atoms with E-state index in [4.69, 9.17) is 0 Å². The van der Waals surface area contributed by atoms with E-state index in [0.29, 0.717) is 0 Å². The fraction of sp³-hybridized carbons (Fsp3) is 0. The molecule has 0 atom stereocenters. The van der Waals surface area contributed by atoms with Gasteiger partial charge in [-0.25, -0.2) is 0 Å². The first-order valence-electron chi connectivity index (χ1n) is 16.9. The zero-order valence-electron chi connectivity index (χ0n) is 26.9. The second-order valence-electron chi connectivity index (χ2n) is 12.9. The lowest BCUT2D eigenvalue weighted by molar-refractivity contribution is 1.17. The molecule has 3 heterocycles. The van der Waals surface area contributed by atoms with Gasteiger partial charge >= 0.3 is 0 Å². The van der Waals surface area contributed by atoms with Crippen LogP contribution in [0.2, 0.25) is 0 Å². The molecule has 0 aliphatic carbocycles. The van der Waals surface area contributed by atoms with Crippen LogP contribution in [0.4, 0.5) is 17.1 Å². The number of nitrogens with zero attached hydrogens (tertiary/aromatic N) is 2. The van der Waals surface area contributed by atoms with Crippen LogP contribution in [0.1, 0.15) is 0 Å². The number of anilines is 3. The second-order valence-corrected chi connectivity index (χ2v) is 15.1. The molecule has 2 nitrogen and oxygen atoms in total. The Labute approximate surface area is 296 Å². The molecule has 0 unspecified atom stereocenters. The lowest BCUT2D eigenvalue weighted by atomic mass is 10.0. The molecule has 0 fully saturated rings. The van der Waals surface area contributed by atoms with Gasteiger partial charge in [-0.1, -0.05) is 109 Å². The van der Waals surface area contributed by atoms with Crippen molar-refractivity contribution in [2.45, 2.75) is 0 Å². The van der Waals surface area contributed by atoms with Crippen LogP contribution in [-0.2, 0) is 0 Å². The Morgan fingerprint density at radius 1 is 0.400 bits per heavy atom. The zero-order valence-corrected chi connectivity index (χ0v) is 28.5. The molecule has 0 saturated heterocycles. The van der Waals surface area contributed by atoms with Crippen molar-refractivity contribution in [3.8, 4) is 5.69 Å². The smallest absolute Gasteiger partial charge is 0.0782 e. The van der Waals surface area contributed by atoms with Gasteiger partial charge in [-0.15, -0.1) is 22.7 Å². The summed E-state index contributed by atoms with van der Waals surface area (Å²) >= 11 is 3.76. The summed E-state index contributed by atoms with van der Waals surface area (Å²) in [4.78, 5) is 2.52. The van der Waals surface area contributed by atoms with Crippen molar-refractivity contribution < 1.29 is 0 Å². The number of hydrogen-bond donors (Lipinski definition) is 0. The van der Waals surface area contributed by atoms with Crippen molar-refractivity contribution in [1.82, 2.24) is 4.57 Å². The fourth-order valence-electron chi connectivity index (χ4n) is 7.93. The number of fused-ring (bicyclic) bond motifs is 10. The average molecular weight is 673 g/mol. The van der Waals surface area contributed by atoms with E-state index in [2.05, 4.69) is 179 Å². The van der Waals surface area contributed by atoms with Gasteiger partial charge in [-0.2, -0.15) is 0 Å². The van der Waals surface area contributed by atoms with E-state index in [1.54, 1.807) is 0 Å². The molecule has 8 aromatic carbocycles. The van der Waals surface area contributed by atoms with E-state index in [0.717, 1.165) is 17.1 Å². The molecule has 0 aliphatic heterocycles. The summed E-state index contributed by atoms with van der Waals surface area (Å²) < 4.78 is 7.65. The molecule has 0 bridgehead atoms. The Morgan fingerprint density at radius 2 is 1.06 bits per heavy atom. The second kappa shape index (κ2) is 10.8. The van der Waals surface area contributed by atoms with Crippen LogP contribution >= 0.6 is 22.7 Å². The average Bonchev–Trinajstić information content (AvgIpc) is 3.84. The maximum Gasteiger partial charge on any atom is 0.0782 e. The Bertz CT molecular complexity index is 3110. The van der Waals surface area contributed by atoms with Crippen LogP contribution in [0.15, 0.2) is 170 Å². The van der Waals surface area contributed by atoms with Gasteiger partial charge < -0.3 is 9.47 Å². The zero-order chi connectivity index (χ0) is 32.8. The summed E-state index contributed by atoms with van der Waals surface area (Å²) in [6, 6.07) is 62.5. The highest BCUT2D eigenvalue weighted by Gasteiger charge is 2.24. The standard InChI is InChI=1S/C46H28N2S2/c1-2-14-31(15-3-1)48-39-20-8-6-16-33(39)36-18-10-21-40(45(36)48)47(32-24-25-35-34-17-7-9-23-42(34)49-44(35)28-32)41-22-11-19-37-38-26-29-12-4-5-13-30(29)27-43(38)50-46(37)41/h1-28H. The number of hydrogen-bond acceptors (Lipinski definition) is 3. The molecule has 11 rings (SSSR count). The molecule has 3 aromatic heterocycles. The molecule has 0 spiro atoms. The van der Waals surface area contributed by atoms with Gasteiger partial charge in [0, 0.05) is 57.8 Å². The number of thiophene rings is 2. The Balaban J connectivity index is 1.27. The van der Waals surface area contributed by atoms with Gasteiger partial charge in [0.15, 0.2) is 0 Å². The number of rotatable bonds is 4. The number of para-hydroxylation sites is 3. The first-order valence-corrected chi connectivity index (χ1v) is 18.6. The van der Waals surface area contributed by atoms with Crippen LogP contribution in [0.25, 0.3) is 78.6 Å². The Hall–Kier alpha value is -5.94. The van der Waals surface area contributed by atoms with Gasteiger partial charge in [-0.05, 0) is 71.4 Å². The minimum Gasteiger partial charge on any atom is -0.307 e. The van der Waals surface area contributed by atoms with E-state index >= 15 is 0 Å². The molecule has 50 heavy (non-hydrogen) atoms. The van der Waals surface area contributed by atoms with Crippen LogP contribution < -0.4 is 4.90 Å². The van der Waals surface area contributed by atoms with Crippen molar-refractivity contribution in [3.05, 3.63) is 170 Å². The maximum atomic E-state index is 2.52. The predicted molar refractivity (Wildman–Crippen MR) is 219 cm³/mol. The summed E-state index contributed by atoms with van der Waals surface area (Å²) in [5.41, 5.74) is 7.03. The summed E-state index contributed by atoms with van der Waals surface area (Å²) in [5.74, 6) is 0. The summed E-state index contributed by atoms with van der Waals surface area (Å²) in [6.07, 6.45) is 0. The molecule has 234 valence electrons.